The molecular formula is C15H22BrN3Si. The van der Waals surface area contributed by atoms with Gasteiger partial charge in [0.05, 0.1) is 5.69 Å². The fourth-order valence-electron chi connectivity index (χ4n) is 1.39. The van der Waals surface area contributed by atoms with Crippen molar-refractivity contribution >= 4 is 29.7 Å². The number of rotatable bonds is 4. The van der Waals surface area contributed by atoms with Gasteiger partial charge in [0.15, 0.2) is 0 Å². The molecule has 0 N–H and O–H groups in total. The summed E-state index contributed by atoms with van der Waals surface area (Å²) in [4.78, 5) is 0. The molecule has 5 heteroatoms. The molecule has 0 aliphatic carbocycles. The van der Waals surface area contributed by atoms with E-state index in [0.29, 0.717) is 0 Å². The zero-order valence-corrected chi connectivity index (χ0v) is 15.5. The van der Waals surface area contributed by atoms with Crippen molar-refractivity contribution in [3.8, 4) is 11.5 Å². The van der Waals surface area contributed by atoms with Crippen molar-refractivity contribution < 1.29 is 0 Å². The van der Waals surface area contributed by atoms with Gasteiger partial charge in [-0.2, -0.15) is 0 Å². The van der Waals surface area contributed by atoms with Gasteiger partial charge in [-0.25, -0.2) is 0 Å². The molecular weight excluding hydrogens is 330 g/mol. The maximum atomic E-state index is 4.24. The van der Waals surface area contributed by atoms with Crippen LogP contribution >= 0.6 is 15.9 Å². The number of benzene rings is 1. The molecule has 0 heterocycles. The van der Waals surface area contributed by atoms with Crippen LogP contribution < -0.4 is 0 Å². The fraction of sp³-hybridized carbons (Fsp3) is 0.467. The molecule has 1 aromatic rings. The summed E-state index contributed by atoms with van der Waals surface area (Å²) in [6.07, 6.45) is 0. The van der Waals surface area contributed by atoms with E-state index in [1.807, 2.05) is 23.2 Å². The number of hydrogen-bond acceptors (Lipinski definition) is 2. The molecule has 0 unspecified atom stereocenters. The van der Waals surface area contributed by atoms with Gasteiger partial charge in [-0.15, -0.1) is 10.7 Å². The summed E-state index contributed by atoms with van der Waals surface area (Å²) in [5, 5.41) is 10.3. The van der Waals surface area contributed by atoms with Gasteiger partial charge < -0.3 is 0 Å². The molecule has 0 amide bonds. The van der Waals surface area contributed by atoms with Crippen molar-refractivity contribution in [1.29, 1.82) is 0 Å². The van der Waals surface area contributed by atoms with E-state index in [1.165, 1.54) is 0 Å². The Kier molecular flexibility index (Phi) is 6.44. The van der Waals surface area contributed by atoms with Crippen LogP contribution in [0.3, 0.4) is 0 Å². The Hall–Kier alpha value is -1.12. The van der Waals surface area contributed by atoms with E-state index in [1.54, 1.807) is 0 Å². The lowest BCUT2D eigenvalue weighted by Gasteiger charge is -2.11. The van der Waals surface area contributed by atoms with Gasteiger partial charge in [0.25, 0.3) is 0 Å². The first-order chi connectivity index (χ1) is 9.35. The van der Waals surface area contributed by atoms with E-state index < -0.39 is 8.07 Å². The minimum absolute atomic E-state index is 0.835. The Labute approximate surface area is 131 Å². The van der Waals surface area contributed by atoms with Crippen LogP contribution in [0.25, 0.3) is 0 Å². The van der Waals surface area contributed by atoms with Crippen LogP contribution in [-0.4, -0.2) is 26.2 Å². The van der Waals surface area contributed by atoms with Crippen molar-refractivity contribution in [3.63, 3.8) is 0 Å². The third-order valence-corrected chi connectivity index (χ3v) is 4.07. The monoisotopic (exact) mass is 351 g/mol. The smallest absolute Gasteiger partial charge is 0.129 e. The van der Waals surface area contributed by atoms with Gasteiger partial charge in [-0.05, 0) is 48.0 Å². The molecule has 0 atom stereocenters. The summed E-state index contributed by atoms with van der Waals surface area (Å²) in [5.41, 5.74) is 5.21. The van der Waals surface area contributed by atoms with Gasteiger partial charge in [-0.3, -0.25) is 5.01 Å². The SMILES string of the molecule is CCN(CC)N=Nc1ccc(C#C[Si](C)(C)C)c(Br)c1. The molecule has 0 aromatic heterocycles. The molecule has 0 fully saturated rings. The first-order valence-electron chi connectivity index (χ1n) is 6.85. The Bertz CT molecular complexity index is 534. The summed E-state index contributed by atoms with van der Waals surface area (Å²) >= 11 is 3.55. The third kappa shape index (κ3) is 5.89. The molecule has 20 heavy (non-hydrogen) atoms. The molecule has 0 radical (unpaired) electrons. The summed E-state index contributed by atoms with van der Waals surface area (Å²) < 4.78 is 0.972. The van der Waals surface area contributed by atoms with E-state index in [9.17, 15) is 0 Å². The normalized spacial score (nSPS) is 11.3. The molecule has 0 aliphatic heterocycles. The molecule has 0 aliphatic rings. The van der Waals surface area contributed by atoms with Crippen LogP contribution in [0.15, 0.2) is 33.0 Å². The number of hydrogen-bond donors (Lipinski definition) is 0. The highest BCUT2D eigenvalue weighted by Gasteiger charge is 2.08. The largest absolute Gasteiger partial charge is 0.279 e. The van der Waals surface area contributed by atoms with Crippen LogP contribution in [0, 0.1) is 11.5 Å². The topological polar surface area (TPSA) is 28.0 Å². The summed E-state index contributed by atoms with van der Waals surface area (Å²) in [7, 11) is -1.35. The van der Waals surface area contributed by atoms with E-state index in [2.05, 4.69) is 71.2 Å². The molecule has 3 nitrogen and oxygen atoms in total. The molecule has 1 aromatic carbocycles. The third-order valence-electron chi connectivity index (χ3n) is 2.54. The Morgan fingerprint density at radius 1 is 1.20 bits per heavy atom. The second kappa shape index (κ2) is 7.60. The summed E-state index contributed by atoms with van der Waals surface area (Å²) in [6, 6.07) is 5.90. The highest BCUT2D eigenvalue weighted by molar-refractivity contribution is 9.10. The first kappa shape index (κ1) is 16.9. The minimum atomic E-state index is -1.35. The quantitative estimate of drug-likeness (QED) is 0.324. The zero-order valence-electron chi connectivity index (χ0n) is 12.9. The van der Waals surface area contributed by atoms with Crippen molar-refractivity contribution in [2.75, 3.05) is 13.1 Å². The maximum absolute atomic E-state index is 4.24. The lowest BCUT2D eigenvalue weighted by molar-refractivity contribution is 0.301. The van der Waals surface area contributed by atoms with Crippen LogP contribution in [0.2, 0.25) is 19.6 Å². The number of halogens is 1. The predicted octanol–water partition coefficient (Wildman–Crippen LogP) is 5.02. The van der Waals surface area contributed by atoms with Crippen molar-refractivity contribution in [3.05, 3.63) is 28.2 Å². The zero-order chi connectivity index (χ0) is 15.2. The van der Waals surface area contributed by atoms with Crippen LogP contribution in [0.5, 0.6) is 0 Å². The second-order valence-corrected chi connectivity index (χ2v) is 11.1. The highest BCUT2D eigenvalue weighted by Crippen LogP contribution is 2.23. The maximum Gasteiger partial charge on any atom is 0.129 e. The van der Waals surface area contributed by atoms with E-state index in [4.69, 9.17) is 0 Å². The van der Waals surface area contributed by atoms with Crippen LogP contribution in [0.4, 0.5) is 5.69 Å². The van der Waals surface area contributed by atoms with Gasteiger partial charge in [-0.1, -0.05) is 30.8 Å². The predicted molar refractivity (Wildman–Crippen MR) is 91.8 cm³/mol. The van der Waals surface area contributed by atoms with Crippen LogP contribution in [-0.2, 0) is 0 Å². The second-order valence-electron chi connectivity index (χ2n) is 5.49. The number of nitrogens with zero attached hydrogens (tertiary/aromatic N) is 3. The molecule has 0 bridgehead atoms. The summed E-state index contributed by atoms with van der Waals surface area (Å²) in [5.74, 6) is 3.25. The highest BCUT2D eigenvalue weighted by atomic mass is 79.9. The Morgan fingerprint density at radius 2 is 1.85 bits per heavy atom. The minimum Gasteiger partial charge on any atom is -0.279 e. The van der Waals surface area contributed by atoms with Gasteiger partial charge >= 0.3 is 0 Å². The molecule has 0 saturated carbocycles. The van der Waals surface area contributed by atoms with Gasteiger partial charge in [0.1, 0.15) is 8.07 Å². The van der Waals surface area contributed by atoms with E-state index in [0.717, 1.165) is 28.8 Å². The van der Waals surface area contributed by atoms with E-state index >= 15 is 0 Å². The fourth-order valence-corrected chi connectivity index (χ4v) is 2.36. The lowest BCUT2D eigenvalue weighted by atomic mass is 10.2. The lowest BCUT2D eigenvalue weighted by Crippen LogP contribution is -2.16. The molecule has 1 rings (SSSR count). The van der Waals surface area contributed by atoms with Crippen LogP contribution in [0.1, 0.15) is 19.4 Å². The molecule has 0 spiro atoms. The average molecular weight is 352 g/mol. The van der Waals surface area contributed by atoms with Crippen molar-refractivity contribution in [1.82, 2.24) is 5.01 Å². The van der Waals surface area contributed by atoms with E-state index in [-0.39, 0.29) is 0 Å². The van der Waals surface area contributed by atoms with Gasteiger partial charge in [0, 0.05) is 23.1 Å². The van der Waals surface area contributed by atoms with Gasteiger partial charge in [0.2, 0.25) is 0 Å². The Balaban J connectivity index is 2.90. The van der Waals surface area contributed by atoms with Crippen molar-refractivity contribution in [2.24, 2.45) is 10.3 Å². The standard InChI is InChI=1S/C15H22BrN3Si/c1-6-19(7-2)18-17-14-9-8-13(15(16)12-14)10-11-20(3,4)5/h8-9,12H,6-7H2,1-5H3. The van der Waals surface area contributed by atoms with Crippen molar-refractivity contribution in [2.45, 2.75) is 33.5 Å². The first-order valence-corrected chi connectivity index (χ1v) is 11.1. The Morgan fingerprint density at radius 3 is 2.35 bits per heavy atom. The average Bonchev–Trinajstić information content (AvgIpc) is 2.38. The molecule has 0 saturated heterocycles. The summed E-state index contributed by atoms with van der Waals surface area (Å²) in [6.45, 7) is 12.6. The molecule has 108 valence electrons.